The van der Waals surface area contributed by atoms with Crippen LogP contribution in [0.4, 0.5) is 5.82 Å². The van der Waals surface area contributed by atoms with Crippen molar-refractivity contribution in [3.05, 3.63) is 24.2 Å². The van der Waals surface area contributed by atoms with Gasteiger partial charge in [-0.2, -0.15) is 5.10 Å². The number of hydrogen-bond donors (Lipinski definition) is 1. The van der Waals surface area contributed by atoms with E-state index in [1.165, 1.54) is 0 Å². The molecule has 116 valence electrons. The molecule has 0 aliphatic rings. The SMILES string of the molecule is CCN(CC)CC(C)Nc1nccn2nc(C(C)C)cc12. The molecule has 2 aromatic heterocycles. The van der Waals surface area contributed by atoms with Crippen molar-refractivity contribution in [1.29, 1.82) is 0 Å². The molecular weight excluding hydrogens is 262 g/mol. The second-order valence-electron chi connectivity index (χ2n) is 5.86. The van der Waals surface area contributed by atoms with Crippen LogP contribution in [-0.2, 0) is 0 Å². The van der Waals surface area contributed by atoms with Gasteiger partial charge in [-0.1, -0.05) is 27.7 Å². The van der Waals surface area contributed by atoms with E-state index in [-0.39, 0.29) is 0 Å². The molecule has 0 saturated heterocycles. The molecule has 0 bridgehead atoms. The second-order valence-corrected chi connectivity index (χ2v) is 5.86. The Balaban J connectivity index is 2.18. The van der Waals surface area contributed by atoms with Crippen molar-refractivity contribution in [2.75, 3.05) is 25.0 Å². The molecule has 1 unspecified atom stereocenters. The van der Waals surface area contributed by atoms with Crippen molar-refractivity contribution >= 4 is 11.3 Å². The normalized spacial score (nSPS) is 13.3. The molecule has 0 radical (unpaired) electrons. The van der Waals surface area contributed by atoms with Crippen molar-refractivity contribution < 1.29 is 0 Å². The molecule has 0 aromatic carbocycles. The van der Waals surface area contributed by atoms with Crippen LogP contribution >= 0.6 is 0 Å². The van der Waals surface area contributed by atoms with Crippen LogP contribution in [0.15, 0.2) is 18.5 Å². The molecule has 0 spiro atoms. The third-order valence-electron chi connectivity index (χ3n) is 3.81. The zero-order valence-corrected chi connectivity index (χ0v) is 13.8. The zero-order chi connectivity index (χ0) is 15.4. The Labute approximate surface area is 127 Å². The standard InChI is InChI=1S/C16H27N5/c1-6-20(7-2)11-13(5)18-16-15-10-14(12(3)4)19-21(15)9-8-17-16/h8-10,12-13H,6-7,11H2,1-5H3,(H,17,18). The van der Waals surface area contributed by atoms with Crippen molar-refractivity contribution in [3.8, 4) is 0 Å². The number of nitrogens with one attached hydrogen (secondary N) is 1. The van der Waals surface area contributed by atoms with Crippen LogP contribution in [0, 0.1) is 0 Å². The molecule has 5 heteroatoms. The van der Waals surface area contributed by atoms with E-state index in [1.54, 1.807) is 6.20 Å². The minimum atomic E-state index is 0.348. The quantitative estimate of drug-likeness (QED) is 0.851. The van der Waals surface area contributed by atoms with Crippen LogP contribution in [0.25, 0.3) is 5.52 Å². The third kappa shape index (κ3) is 3.73. The first-order valence-electron chi connectivity index (χ1n) is 7.88. The number of likely N-dealkylation sites (N-methyl/N-ethyl adjacent to an activating group) is 1. The number of aromatic nitrogens is 3. The second kappa shape index (κ2) is 6.89. The summed E-state index contributed by atoms with van der Waals surface area (Å²) in [6.07, 6.45) is 3.71. The maximum Gasteiger partial charge on any atom is 0.152 e. The van der Waals surface area contributed by atoms with Gasteiger partial charge >= 0.3 is 0 Å². The van der Waals surface area contributed by atoms with Gasteiger partial charge in [-0.05, 0) is 32.0 Å². The Morgan fingerprint density at radius 3 is 2.57 bits per heavy atom. The molecule has 21 heavy (non-hydrogen) atoms. The molecule has 2 heterocycles. The van der Waals surface area contributed by atoms with E-state index in [2.05, 4.69) is 61.0 Å². The Hall–Kier alpha value is -1.62. The van der Waals surface area contributed by atoms with Gasteiger partial charge in [-0.25, -0.2) is 9.50 Å². The highest BCUT2D eigenvalue weighted by molar-refractivity contribution is 5.68. The zero-order valence-electron chi connectivity index (χ0n) is 13.8. The molecule has 0 fully saturated rings. The number of hydrogen-bond acceptors (Lipinski definition) is 4. The molecule has 0 saturated carbocycles. The molecule has 2 aromatic rings. The van der Waals surface area contributed by atoms with Crippen molar-refractivity contribution in [1.82, 2.24) is 19.5 Å². The van der Waals surface area contributed by atoms with Crippen LogP contribution in [0.1, 0.15) is 46.2 Å². The molecule has 5 nitrogen and oxygen atoms in total. The lowest BCUT2D eigenvalue weighted by Gasteiger charge is -2.23. The fraction of sp³-hybridized carbons (Fsp3) is 0.625. The maximum atomic E-state index is 4.60. The lowest BCUT2D eigenvalue weighted by atomic mass is 10.1. The van der Waals surface area contributed by atoms with Crippen LogP contribution in [0.3, 0.4) is 0 Å². The van der Waals surface area contributed by atoms with Gasteiger partial charge in [0.05, 0.1) is 5.69 Å². The number of fused-ring (bicyclic) bond motifs is 1. The van der Waals surface area contributed by atoms with E-state index in [4.69, 9.17) is 0 Å². The average Bonchev–Trinajstić information content (AvgIpc) is 2.90. The predicted molar refractivity (Wildman–Crippen MR) is 87.9 cm³/mol. The molecule has 0 aliphatic carbocycles. The predicted octanol–water partition coefficient (Wildman–Crippen LogP) is 2.99. The van der Waals surface area contributed by atoms with Crippen LogP contribution in [0.2, 0.25) is 0 Å². The highest BCUT2D eigenvalue weighted by atomic mass is 15.2. The fourth-order valence-corrected chi connectivity index (χ4v) is 2.48. The Bertz CT molecular complexity index is 571. The first-order valence-corrected chi connectivity index (χ1v) is 7.88. The first-order chi connectivity index (χ1) is 10.0. The summed E-state index contributed by atoms with van der Waals surface area (Å²) < 4.78 is 1.91. The van der Waals surface area contributed by atoms with E-state index >= 15 is 0 Å². The monoisotopic (exact) mass is 289 g/mol. The number of rotatable bonds is 7. The largest absolute Gasteiger partial charge is 0.365 e. The Morgan fingerprint density at radius 2 is 1.95 bits per heavy atom. The van der Waals surface area contributed by atoms with Crippen LogP contribution in [0.5, 0.6) is 0 Å². The van der Waals surface area contributed by atoms with Gasteiger partial charge < -0.3 is 10.2 Å². The summed E-state index contributed by atoms with van der Waals surface area (Å²) in [6.45, 7) is 14.1. The summed E-state index contributed by atoms with van der Waals surface area (Å²) >= 11 is 0. The number of nitrogens with zero attached hydrogens (tertiary/aromatic N) is 4. The van der Waals surface area contributed by atoms with Gasteiger partial charge in [0, 0.05) is 25.0 Å². The van der Waals surface area contributed by atoms with Crippen molar-refractivity contribution in [2.45, 2.75) is 46.6 Å². The van der Waals surface area contributed by atoms with E-state index in [1.807, 2.05) is 10.7 Å². The van der Waals surface area contributed by atoms with E-state index in [9.17, 15) is 0 Å². The summed E-state index contributed by atoms with van der Waals surface area (Å²) in [7, 11) is 0. The highest BCUT2D eigenvalue weighted by Crippen LogP contribution is 2.20. The minimum absolute atomic E-state index is 0.348. The molecular formula is C16H27N5. The van der Waals surface area contributed by atoms with E-state index in [0.29, 0.717) is 12.0 Å². The number of anilines is 1. The molecule has 1 N–H and O–H groups in total. The van der Waals surface area contributed by atoms with Crippen LogP contribution < -0.4 is 5.32 Å². The third-order valence-corrected chi connectivity index (χ3v) is 3.81. The lowest BCUT2D eigenvalue weighted by Crippen LogP contribution is -2.35. The molecule has 0 amide bonds. The Kier molecular flexibility index (Phi) is 5.17. The van der Waals surface area contributed by atoms with E-state index < -0.39 is 0 Å². The van der Waals surface area contributed by atoms with Gasteiger partial charge in [0.1, 0.15) is 5.52 Å². The van der Waals surface area contributed by atoms with E-state index in [0.717, 1.165) is 36.7 Å². The first kappa shape index (κ1) is 15.8. The average molecular weight is 289 g/mol. The summed E-state index contributed by atoms with van der Waals surface area (Å²) in [5.41, 5.74) is 2.15. The minimum Gasteiger partial charge on any atom is -0.365 e. The van der Waals surface area contributed by atoms with Gasteiger partial charge in [0.2, 0.25) is 0 Å². The molecule has 0 aliphatic heterocycles. The Morgan fingerprint density at radius 1 is 1.24 bits per heavy atom. The summed E-state index contributed by atoms with van der Waals surface area (Å²) in [5, 5.41) is 8.12. The fourth-order valence-electron chi connectivity index (χ4n) is 2.48. The highest BCUT2D eigenvalue weighted by Gasteiger charge is 2.12. The summed E-state index contributed by atoms with van der Waals surface area (Å²) in [6, 6.07) is 2.48. The van der Waals surface area contributed by atoms with Gasteiger partial charge in [-0.3, -0.25) is 0 Å². The van der Waals surface area contributed by atoms with Gasteiger partial charge in [-0.15, -0.1) is 0 Å². The lowest BCUT2D eigenvalue weighted by molar-refractivity contribution is 0.294. The van der Waals surface area contributed by atoms with Gasteiger partial charge in [0.25, 0.3) is 0 Å². The van der Waals surface area contributed by atoms with Crippen molar-refractivity contribution in [2.24, 2.45) is 0 Å². The van der Waals surface area contributed by atoms with Gasteiger partial charge in [0.15, 0.2) is 5.82 Å². The van der Waals surface area contributed by atoms with Crippen LogP contribution in [-0.4, -0.2) is 45.2 Å². The summed E-state index contributed by atoms with van der Waals surface area (Å²) in [5.74, 6) is 1.34. The molecule has 2 rings (SSSR count). The topological polar surface area (TPSA) is 45.5 Å². The maximum absolute atomic E-state index is 4.60. The smallest absolute Gasteiger partial charge is 0.152 e. The summed E-state index contributed by atoms with van der Waals surface area (Å²) in [4.78, 5) is 6.90. The molecule has 1 atom stereocenters. The van der Waals surface area contributed by atoms with Crippen molar-refractivity contribution in [3.63, 3.8) is 0 Å².